The maximum absolute atomic E-state index is 13.1. The van der Waals surface area contributed by atoms with Gasteiger partial charge in [-0.25, -0.2) is 4.39 Å². The summed E-state index contributed by atoms with van der Waals surface area (Å²) < 4.78 is 13.1. The number of rotatable bonds is 4. The number of benzene rings is 1. The zero-order valence-corrected chi connectivity index (χ0v) is 7.37. The normalized spacial score (nSPS) is 9.50. The van der Waals surface area contributed by atoms with Crippen LogP contribution in [0.4, 0.5) is 15.8 Å². The Morgan fingerprint density at radius 1 is 1.64 bits per heavy atom. The second-order valence-corrected chi connectivity index (χ2v) is 2.59. The third kappa shape index (κ3) is 2.29. The first kappa shape index (κ1) is 10.2. The van der Waals surface area contributed by atoms with Gasteiger partial charge in [-0.3, -0.25) is 10.1 Å². The molecule has 0 atom stereocenters. The van der Waals surface area contributed by atoms with Crippen LogP contribution in [-0.2, 0) is 0 Å². The first-order valence-corrected chi connectivity index (χ1v) is 3.94. The van der Waals surface area contributed by atoms with Crippen LogP contribution in [0.5, 0.6) is 0 Å². The van der Waals surface area contributed by atoms with E-state index in [2.05, 4.69) is 11.9 Å². The molecule has 0 bridgehead atoms. The Morgan fingerprint density at radius 2 is 2.36 bits per heavy atom. The molecule has 0 saturated carbocycles. The molecule has 0 amide bonds. The van der Waals surface area contributed by atoms with Crippen molar-refractivity contribution in [3.63, 3.8) is 0 Å². The topological polar surface area (TPSA) is 55.2 Å². The quantitative estimate of drug-likeness (QED) is 0.456. The summed E-state index contributed by atoms with van der Waals surface area (Å²) in [5, 5.41) is 13.0. The SMILES string of the molecule is C=CCNc1ccc([N+](=O)[O-])cc1F. The van der Waals surface area contributed by atoms with E-state index < -0.39 is 10.7 Å². The van der Waals surface area contributed by atoms with Gasteiger partial charge in [0.2, 0.25) is 0 Å². The summed E-state index contributed by atoms with van der Waals surface area (Å²) in [5.74, 6) is -0.638. The highest BCUT2D eigenvalue weighted by molar-refractivity contribution is 5.50. The van der Waals surface area contributed by atoms with E-state index in [4.69, 9.17) is 0 Å². The lowest BCUT2D eigenvalue weighted by atomic mass is 10.2. The second-order valence-electron chi connectivity index (χ2n) is 2.59. The van der Waals surface area contributed by atoms with Gasteiger partial charge in [-0.15, -0.1) is 6.58 Å². The minimum Gasteiger partial charge on any atom is -0.379 e. The van der Waals surface area contributed by atoms with Crippen LogP contribution < -0.4 is 5.32 Å². The highest BCUT2D eigenvalue weighted by atomic mass is 19.1. The Hall–Kier alpha value is -1.91. The second kappa shape index (κ2) is 4.36. The van der Waals surface area contributed by atoms with E-state index in [1.165, 1.54) is 12.1 Å². The van der Waals surface area contributed by atoms with Crippen LogP contribution in [0.3, 0.4) is 0 Å². The van der Waals surface area contributed by atoms with Crippen molar-refractivity contribution >= 4 is 11.4 Å². The minimum atomic E-state index is -0.639. The molecule has 1 N–H and O–H groups in total. The van der Waals surface area contributed by atoms with Gasteiger partial charge in [0, 0.05) is 12.6 Å². The molecule has 74 valence electrons. The Bertz CT molecular complexity index is 366. The maximum Gasteiger partial charge on any atom is 0.272 e. The van der Waals surface area contributed by atoms with Crippen LogP contribution in [0.2, 0.25) is 0 Å². The molecular formula is C9H9FN2O2. The number of hydrogen-bond donors (Lipinski definition) is 1. The lowest BCUT2D eigenvalue weighted by Gasteiger charge is -2.03. The van der Waals surface area contributed by atoms with Crippen LogP contribution in [0, 0.1) is 15.9 Å². The van der Waals surface area contributed by atoms with Crippen molar-refractivity contribution in [2.45, 2.75) is 0 Å². The third-order valence-electron chi connectivity index (χ3n) is 1.60. The van der Waals surface area contributed by atoms with Gasteiger partial charge in [-0.1, -0.05) is 6.08 Å². The van der Waals surface area contributed by atoms with Crippen molar-refractivity contribution in [2.24, 2.45) is 0 Å². The molecule has 0 aliphatic heterocycles. The van der Waals surface area contributed by atoms with Gasteiger partial charge in [0.25, 0.3) is 5.69 Å². The molecule has 1 rings (SSSR count). The molecule has 0 heterocycles. The molecule has 0 unspecified atom stereocenters. The van der Waals surface area contributed by atoms with Crippen LogP contribution >= 0.6 is 0 Å². The Kier molecular flexibility index (Phi) is 3.17. The van der Waals surface area contributed by atoms with E-state index in [1.54, 1.807) is 6.08 Å². The van der Waals surface area contributed by atoms with E-state index in [0.717, 1.165) is 6.07 Å². The Balaban J connectivity index is 2.89. The number of nitro benzene ring substituents is 1. The Morgan fingerprint density at radius 3 is 2.86 bits per heavy atom. The molecule has 1 aromatic carbocycles. The van der Waals surface area contributed by atoms with E-state index >= 15 is 0 Å². The van der Waals surface area contributed by atoms with Gasteiger partial charge in [-0.2, -0.15) is 0 Å². The number of nitrogens with one attached hydrogen (secondary N) is 1. The van der Waals surface area contributed by atoms with Gasteiger partial charge in [0.15, 0.2) is 5.82 Å². The molecule has 14 heavy (non-hydrogen) atoms. The summed E-state index contributed by atoms with van der Waals surface area (Å²) in [6, 6.07) is 3.46. The van der Waals surface area contributed by atoms with Gasteiger partial charge < -0.3 is 5.32 Å². The van der Waals surface area contributed by atoms with E-state index in [9.17, 15) is 14.5 Å². The first-order valence-electron chi connectivity index (χ1n) is 3.94. The predicted molar refractivity (Wildman–Crippen MR) is 51.7 cm³/mol. The fourth-order valence-electron chi connectivity index (χ4n) is 0.943. The summed E-state index contributed by atoms with van der Waals surface area (Å²) in [6.07, 6.45) is 1.57. The maximum atomic E-state index is 13.1. The summed E-state index contributed by atoms with van der Waals surface area (Å²) in [7, 11) is 0. The summed E-state index contributed by atoms with van der Waals surface area (Å²) in [5.41, 5.74) is -0.0258. The average molecular weight is 196 g/mol. The number of hydrogen-bond acceptors (Lipinski definition) is 3. The zero-order chi connectivity index (χ0) is 10.6. The van der Waals surface area contributed by atoms with Crippen molar-refractivity contribution in [3.8, 4) is 0 Å². The number of nitrogens with zero attached hydrogens (tertiary/aromatic N) is 1. The Labute approximate surface area is 80.2 Å². The van der Waals surface area contributed by atoms with Gasteiger partial charge in [0.1, 0.15) is 0 Å². The molecule has 5 heteroatoms. The molecule has 0 radical (unpaired) electrons. The third-order valence-corrected chi connectivity index (χ3v) is 1.60. The largest absolute Gasteiger partial charge is 0.379 e. The van der Waals surface area contributed by atoms with E-state index in [-0.39, 0.29) is 11.4 Å². The molecule has 0 fully saturated rings. The number of nitro groups is 1. The van der Waals surface area contributed by atoms with Gasteiger partial charge in [0.05, 0.1) is 16.7 Å². The summed E-state index contributed by atoms with van der Waals surface area (Å²) >= 11 is 0. The van der Waals surface area contributed by atoms with Crippen molar-refractivity contribution in [3.05, 3.63) is 46.8 Å². The van der Waals surface area contributed by atoms with Crippen LogP contribution in [-0.4, -0.2) is 11.5 Å². The molecule has 0 aromatic heterocycles. The van der Waals surface area contributed by atoms with E-state index in [0.29, 0.717) is 6.54 Å². The lowest BCUT2D eigenvalue weighted by Crippen LogP contribution is -2.00. The monoisotopic (exact) mass is 196 g/mol. The van der Waals surface area contributed by atoms with Crippen molar-refractivity contribution < 1.29 is 9.31 Å². The first-order chi connectivity index (χ1) is 6.65. The minimum absolute atomic E-state index is 0.232. The summed E-state index contributed by atoms with van der Waals surface area (Å²) in [6.45, 7) is 3.87. The number of non-ortho nitro benzene ring substituents is 1. The highest BCUT2D eigenvalue weighted by Crippen LogP contribution is 2.19. The molecule has 0 spiro atoms. The van der Waals surface area contributed by atoms with Crippen LogP contribution in [0.25, 0.3) is 0 Å². The zero-order valence-electron chi connectivity index (χ0n) is 7.37. The molecular weight excluding hydrogens is 187 g/mol. The highest BCUT2D eigenvalue weighted by Gasteiger charge is 2.09. The van der Waals surface area contributed by atoms with Gasteiger partial charge >= 0.3 is 0 Å². The summed E-state index contributed by atoms with van der Waals surface area (Å²) in [4.78, 5) is 9.64. The van der Waals surface area contributed by atoms with Crippen molar-refractivity contribution in [1.82, 2.24) is 0 Å². The van der Waals surface area contributed by atoms with Gasteiger partial charge in [-0.05, 0) is 6.07 Å². The van der Waals surface area contributed by atoms with E-state index in [1.807, 2.05) is 0 Å². The fraction of sp³-hybridized carbons (Fsp3) is 0.111. The van der Waals surface area contributed by atoms with Crippen LogP contribution in [0.15, 0.2) is 30.9 Å². The molecule has 4 nitrogen and oxygen atoms in total. The van der Waals surface area contributed by atoms with Crippen LogP contribution in [0.1, 0.15) is 0 Å². The average Bonchev–Trinajstić information content (AvgIpc) is 2.15. The molecule has 1 aromatic rings. The van der Waals surface area contributed by atoms with Crippen molar-refractivity contribution in [2.75, 3.05) is 11.9 Å². The number of anilines is 1. The molecule has 0 aliphatic carbocycles. The van der Waals surface area contributed by atoms with Crippen molar-refractivity contribution in [1.29, 1.82) is 0 Å². The smallest absolute Gasteiger partial charge is 0.272 e. The predicted octanol–water partition coefficient (Wildman–Crippen LogP) is 2.33. The standard InChI is InChI=1S/C9H9FN2O2/c1-2-5-11-9-4-3-7(12(13)14)6-8(9)10/h2-4,6,11H,1,5H2. The number of halogens is 1. The lowest BCUT2D eigenvalue weighted by molar-refractivity contribution is -0.385. The molecule has 0 saturated heterocycles. The fourth-order valence-corrected chi connectivity index (χ4v) is 0.943. The molecule has 0 aliphatic rings.